The molecule has 7 heteroatoms. The zero-order valence-electron chi connectivity index (χ0n) is 13.3. The minimum Gasteiger partial charge on any atom is -0.331 e. The van der Waals surface area contributed by atoms with Gasteiger partial charge < -0.3 is 4.90 Å². The molecule has 0 spiro atoms. The van der Waals surface area contributed by atoms with Gasteiger partial charge in [0.2, 0.25) is 11.9 Å². The molecule has 0 N–H and O–H groups in total. The Morgan fingerprint density at radius 2 is 1.88 bits per heavy atom. The van der Waals surface area contributed by atoms with Crippen LogP contribution < -0.4 is 0 Å². The first-order valence-corrected chi connectivity index (χ1v) is 7.86. The summed E-state index contributed by atoms with van der Waals surface area (Å²) in [6, 6.07) is 10.8. The van der Waals surface area contributed by atoms with Crippen LogP contribution in [0.5, 0.6) is 0 Å². The Labute approximate surface area is 143 Å². The number of carbonyl (C=O) groups is 1. The van der Waals surface area contributed by atoms with Crippen LogP contribution in [-0.2, 0) is 11.3 Å². The highest BCUT2D eigenvalue weighted by atomic mass is 19.1. The van der Waals surface area contributed by atoms with Crippen LogP contribution in [0.15, 0.2) is 48.5 Å². The average Bonchev–Trinajstić information content (AvgIpc) is 2.59. The van der Waals surface area contributed by atoms with E-state index in [2.05, 4.69) is 0 Å². The number of halogens is 2. The fourth-order valence-electron chi connectivity index (χ4n) is 3.19. The van der Waals surface area contributed by atoms with Crippen LogP contribution in [-0.4, -0.2) is 28.3 Å². The number of amides is 1. The van der Waals surface area contributed by atoms with Crippen molar-refractivity contribution in [1.82, 2.24) is 4.90 Å². The average molecular weight is 346 g/mol. The molecule has 0 radical (unpaired) electrons. The van der Waals surface area contributed by atoms with Crippen LogP contribution in [0.1, 0.15) is 23.5 Å². The summed E-state index contributed by atoms with van der Waals surface area (Å²) in [5, 5.41) is 11.5. The molecule has 1 saturated heterocycles. The standard InChI is InChI=1S/C18H16F2N2O3/c19-13-6-7-16(20)14(8-13)15-9-18(23)21(11-17(15)22(24)25)10-12-4-2-1-3-5-12/h1-8,15,17H,9-11H2/t15?,17-/m1/s1. The van der Waals surface area contributed by atoms with Gasteiger partial charge in [-0.15, -0.1) is 0 Å². The molecule has 0 saturated carbocycles. The second-order valence-electron chi connectivity index (χ2n) is 6.09. The highest BCUT2D eigenvalue weighted by Gasteiger charge is 2.43. The number of piperidine rings is 1. The van der Waals surface area contributed by atoms with E-state index in [-0.39, 0.29) is 31.0 Å². The van der Waals surface area contributed by atoms with Crippen molar-refractivity contribution in [2.75, 3.05) is 6.54 Å². The summed E-state index contributed by atoms with van der Waals surface area (Å²) in [4.78, 5) is 24.8. The van der Waals surface area contributed by atoms with Crippen LogP contribution in [0.3, 0.4) is 0 Å². The molecule has 5 nitrogen and oxygen atoms in total. The van der Waals surface area contributed by atoms with E-state index in [1.165, 1.54) is 4.90 Å². The third kappa shape index (κ3) is 3.65. The molecular weight excluding hydrogens is 330 g/mol. The maximum atomic E-state index is 14.0. The molecule has 1 fully saturated rings. The van der Waals surface area contributed by atoms with Gasteiger partial charge in [-0.1, -0.05) is 30.3 Å². The van der Waals surface area contributed by atoms with Crippen molar-refractivity contribution >= 4 is 5.91 Å². The Morgan fingerprint density at radius 3 is 2.56 bits per heavy atom. The summed E-state index contributed by atoms with van der Waals surface area (Å²) < 4.78 is 27.5. The zero-order valence-corrected chi connectivity index (χ0v) is 13.3. The Hall–Kier alpha value is -2.83. The molecule has 25 heavy (non-hydrogen) atoms. The SMILES string of the molecule is O=C1CC(c2cc(F)ccc2F)[C@H]([N+](=O)[O-])CN1Cc1ccccc1. The van der Waals surface area contributed by atoms with Crippen molar-refractivity contribution < 1.29 is 18.5 Å². The largest absolute Gasteiger partial charge is 0.331 e. The van der Waals surface area contributed by atoms with Gasteiger partial charge in [-0.25, -0.2) is 8.78 Å². The monoisotopic (exact) mass is 346 g/mol. The van der Waals surface area contributed by atoms with E-state index in [9.17, 15) is 23.7 Å². The molecule has 2 aromatic carbocycles. The first kappa shape index (κ1) is 17.0. The molecule has 1 unspecified atom stereocenters. The molecule has 0 aliphatic carbocycles. The van der Waals surface area contributed by atoms with Crippen molar-refractivity contribution in [2.45, 2.75) is 24.9 Å². The van der Waals surface area contributed by atoms with E-state index < -0.39 is 28.5 Å². The van der Waals surface area contributed by atoms with Crippen molar-refractivity contribution in [3.05, 3.63) is 81.4 Å². The number of nitrogens with zero attached hydrogens (tertiary/aromatic N) is 2. The molecule has 2 aromatic rings. The number of hydrogen-bond acceptors (Lipinski definition) is 3. The van der Waals surface area contributed by atoms with E-state index in [0.717, 1.165) is 23.8 Å². The van der Waals surface area contributed by atoms with Gasteiger partial charge in [-0.2, -0.15) is 0 Å². The number of likely N-dealkylation sites (tertiary alicyclic amines) is 1. The quantitative estimate of drug-likeness (QED) is 0.631. The summed E-state index contributed by atoms with van der Waals surface area (Å²) in [6.07, 6.45) is -0.223. The number of carbonyl (C=O) groups excluding carboxylic acids is 1. The molecule has 0 aromatic heterocycles. The summed E-state index contributed by atoms with van der Waals surface area (Å²) in [7, 11) is 0. The van der Waals surface area contributed by atoms with Crippen LogP contribution in [0.2, 0.25) is 0 Å². The summed E-state index contributed by atoms with van der Waals surface area (Å²) in [6.45, 7) is 0.115. The second kappa shape index (κ2) is 6.96. The van der Waals surface area contributed by atoms with Gasteiger partial charge in [0.05, 0.1) is 12.5 Å². The number of nitro groups is 1. The van der Waals surface area contributed by atoms with Gasteiger partial charge in [0, 0.05) is 23.5 Å². The first-order valence-electron chi connectivity index (χ1n) is 7.86. The van der Waals surface area contributed by atoms with Crippen LogP contribution in [0.4, 0.5) is 8.78 Å². The molecular formula is C18H16F2N2O3. The first-order chi connectivity index (χ1) is 12.0. The second-order valence-corrected chi connectivity index (χ2v) is 6.09. The van der Waals surface area contributed by atoms with E-state index in [4.69, 9.17) is 0 Å². The molecule has 1 aliphatic rings. The normalized spacial score (nSPS) is 20.6. The fraction of sp³-hybridized carbons (Fsp3) is 0.278. The number of benzene rings is 2. The molecule has 2 atom stereocenters. The van der Waals surface area contributed by atoms with Gasteiger partial charge in [0.15, 0.2) is 0 Å². The molecule has 3 rings (SSSR count). The van der Waals surface area contributed by atoms with Gasteiger partial charge in [-0.3, -0.25) is 14.9 Å². The van der Waals surface area contributed by atoms with Gasteiger partial charge >= 0.3 is 0 Å². The molecule has 1 amide bonds. The predicted octanol–water partition coefficient (Wildman–Crippen LogP) is 3.13. The number of rotatable bonds is 4. The van der Waals surface area contributed by atoms with Gasteiger partial charge in [-0.05, 0) is 23.8 Å². The van der Waals surface area contributed by atoms with E-state index in [1.54, 1.807) is 0 Å². The van der Waals surface area contributed by atoms with Crippen LogP contribution >= 0.6 is 0 Å². The van der Waals surface area contributed by atoms with Crippen LogP contribution in [0.25, 0.3) is 0 Å². The Morgan fingerprint density at radius 1 is 1.16 bits per heavy atom. The third-order valence-corrected chi connectivity index (χ3v) is 4.46. The Balaban J connectivity index is 1.87. The van der Waals surface area contributed by atoms with Crippen molar-refractivity contribution in [1.29, 1.82) is 0 Å². The maximum absolute atomic E-state index is 14.0. The van der Waals surface area contributed by atoms with E-state index >= 15 is 0 Å². The number of hydrogen-bond donors (Lipinski definition) is 0. The van der Waals surface area contributed by atoms with E-state index in [0.29, 0.717) is 0 Å². The lowest BCUT2D eigenvalue weighted by molar-refractivity contribution is -0.528. The lowest BCUT2D eigenvalue weighted by Gasteiger charge is -2.34. The highest BCUT2D eigenvalue weighted by Crippen LogP contribution is 2.33. The Bertz CT molecular complexity index is 798. The lowest BCUT2D eigenvalue weighted by Crippen LogP contribution is -2.49. The maximum Gasteiger partial charge on any atom is 0.237 e. The predicted molar refractivity (Wildman–Crippen MR) is 86.4 cm³/mol. The fourth-order valence-corrected chi connectivity index (χ4v) is 3.19. The minimum atomic E-state index is -1.18. The summed E-state index contributed by atoms with van der Waals surface area (Å²) in [5.41, 5.74) is 0.739. The molecule has 1 aliphatic heterocycles. The topological polar surface area (TPSA) is 63.4 Å². The molecule has 1 heterocycles. The highest BCUT2D eigenvalue weighted by molar-refractivity contribution is 5.78. The molecule has 0 bridgehead atoms. The lowest BCUT2D eigenvalue weighted by atomic mass is 9.84. The van der Waals surface area contributed by atoms with Crippen LogP contribution in [0, 0.1) is 21.7 Å². The Kier molecular flexibility index (Phi) is 4.74. The third-order valence-electron chi connectivity index (χ3n) is 4.46. The van der Waals surface area contributed by atoms with Gasteiger partial charge in [0.1, 0.15) is 11.6 Å². The zero-order chi connectivity index (χ0) is 18.0. The van der Waals surface area contributed by atoms with E-state index in [1.807, 2.05) is 30.3 Å². The minimum absolute atomic E-state index is 0.116. The van der Waals surface area contributed by atoms with Crippen molar-refractivity contribution in [3.63, 3.8) is 0 Å². The van der Waals surface area contributed by atoms with Crippen molar-refractivity contribution in [3.8, 4) is 0 Å². The summed E-state index contributed by atoms with van der Waals surface area (Å²) in [5.74, 6) is -2.71. The summed E-state index contributed by atoms with van der Waals surface area (Å²) >= 11 is 0. The van der Waals surface area contributed by atoms with Gasteiger partial charge in [0.25, 0.3) is 0 Å². The molecule has 130 valence electrons. The van der Waals surface area contributed by atoms with Crippen molar-refractivity contribution in [2.24, 2.45) is 0 Å². The smallest absolute Gasteiger partial charge is 0.237 e.